The SMILES string of the molecule is CCCCCCCCCCC/C=C/CCCCC(=O)O[C@@H](COC(=O)CCCCCCCCC)COP(=O)(O)OC[C@H](N)C(=O)O. The number of nitrogens with two attached hydrogens (primary N) is 1. The van der Waals surface area contributed by atoms with Crippen LogP contribution >= 0.6 is 7.82 Å². The quantitative estimate of drug-likeness (QED) is 0.0265. The Bertz CT molecular complexity index is 854. The third-order valence-corrected chi connectivity index (χ3v) is 8.46. The van der Waals surface area contributed by atoms with Crippen LogP contribution in [0.2, 0.25) is 0 Å². The lowest BCUT2D eigenvalue weighted by Crippen LogP contribution is -2.34. The number of phosphoric ester groups is 1. The van der Waals surface area contributed by atoms with Crippen LogP contribution < -0.4 is 5.73 Å². The van der Waals surface area contributed by atoms with Crippen LogP contribution in [0.25, 0.3) is 0 Å². The van der Waals surface area contributed by atoms with Crippen LogP contribution in [-0.4, -0.2) is 59.9 Å². The molecule has 11 nitrogen and oxygen atoms in total. The number of hydrogen-bond donors (Lipinski definition) is 3. The molecule has 0 saturated heterocycles. The molecule has 12 heteroatoms. The van der Waals surface area contributed by atoms with Crippen LogP contribution in [0.4, 0.5) is 0 Å². The molecule has 0 bridgehead atoms. The lowest BCUT2D eigenvalue weighted by Gasteiger charge is -2.20. The monoisotopic (exact) mass is 677 g/mol. The van der Waals surface area contributed by atoms with Gasteiger partial charge in [0.05, 0.1) is 13.2 Å². The van der Waals surface area contributed by atoms with Crippen molar-refractivity contribution in [2.24, 2.45) is 5.73 Å². The van der Waals surface area contributed by atoms with Crippen molar-refractivity contribution < 1.29 is 47.5 Å². The summed E-state index contributed by atoms with van der Waals surface area (Å²) in [7, 11) is -4.70. The number of carboxylic acids is 1. The third-order valence-electron chi connectivity index (χ3n) is 7.51. The summed E-state index contributed by atoms with van der Waals surface area (Å²) in [5.41, 5.74) is 5.29. The van der Waals surface area contributed by atoms with Crippen LogP contribution in [0.1, 0.15) is 155 Å². The maximum absolute atomic E-state index is 12.5. The summed E-state index contributed by atoms with van der Waals surface area (Å²) in [5.74, 6) is -2.41. The second kappa shape index (κ2) is 30.5. The number of carbonyl (C=O) groups excluding carboxylic acids is 2. The second-order valence-electron chi connectivity index (χ2n) is 12.0. The Morgan fingerprint density at radius 2 is 1.09 bits per heavy atom. The molecule has 3 atom stereocenters. The van der Waals surface area contributed by atoms with Crippen LogP contribution in [-0.2, 0) is 37.5 Å². The molecule has 0 aliphatic carbocycles. The molecule has 0 saturated carbocycles. The van der Waals surface area contributed by atoms with E-state index in [1.807, 2.05) is 0 Å². The maximum atomic E-state index is 12.5. The van der Waals surface area contributed by atoms with E-state index in [1.54, 1.807) is 0 Å². The zero-order valence-electron chi connectivity index (χ0n) is 28.7. The fourth-order valence-electron chi connectivity index (χ4n) is 4.65. The highest BCUT2D eigenvalue weighted by Gasteiger charge is 2.28. The Kier molecular flexibility index (Phi) is 29.4. The first-order chi connectivity index (χ1) is 22.1. The number of hydrogen-bond acceptors (Lipinski definition) is 9. The molecular weight excluding hydrogens is 613 g/mol. The van der Waals surface area contributed by atoms with Gasteiger partial charge >= 0.3 is 25.7 Å². The highest BCUT2D eigenvalue weighted by molar-refractivity contribution is 7.47. The fourth-order valence-corrected chi connectivity index (χ4v) is 5.42. The van der Waals surface area contributed by atoms with Gasteiger partial charge in [0.2, 0.25) is 0 Å². The van der Waals surface area contributed by atoms with Gasteiger partial charge in [-0.1, -0.05) is 116 Å². The highest BCUT2D eigenvalue weighted by Crippen LogP contribution is 2.43. The highest BCUT2D eigenvalue weighted by atomic mass is 31.2. The average molecular weight is 678 g/mol. The van der Waals surface area contributed by atoms with Gasteiger partial charge in [0, 0.05) is 12.8 Å². The number of rotatable bonds is 33. The molecule has 0 spiro atoms. The number of aliphatic carboxylic acids is 1. The van der Waals surface area contributed by atoms with Crippen molar-refractivity contribution in [3.05, 3.63) is 12.2 Å². The summed E-state index contributed by atoms with van der Waals surface area (Å²) in [6.07, 6.45) is 26.0. The fraction of sp³-hybridized carbons (Fsp3) is 0.853. The molecule has 0 heterocycles. The number of phosphoric acid groups is 1. The lowest BCUT2D eigenvalue weighted by molar-refractivity contribution is -0.161. The largest absolute Gasteiger partial charge is 0.480 e. The molecule has 4 N–H and O–H groups in total. The van der Waals surface area contributed by atoms with Gasteiger partial charge < -0.3 is 25.2 Å². The van der Waals surface area contributed by atoms with Crippen molar-refractivity contribution in [3.63, 3.8) is 0 Å². The number of esters is 2. The molecule has 0 radical (unpaired) electrons. The molecule has 0 aromatic heterocycles. The van der Waals surface area contributed by atoms with Crippen molar-refractivity contribution in [3.8, 4) is 0 Å². The van der Waals surface area contributed by atoms with E-state index in [9.17, 15) is 23.8 Å². The number of carboxylic acid groups (broad SMARTS) is 1. The Hall–Kier alpha value is -1.78. The first-order valence-corrected chi connectivity index (χ1v) is 19.2. The zero-order chi connectivity index (χ0) is 34.3. The topological polar surface area (TPSA) is 172 Å². The summed E-state index contributed by atoms with van der Waals surface area (Å²) < 4.78 is 32.3. The minimum absolute atomic E-state index is 0.134. The first-order valence-electron chi connectivity index (χ1n) is 17.7. The minimum Gasteiger partial charge on any atom is -0.480 e. The van der Waals surface area contributed by atoms with Gasteiger partial charge in [-0.3, -0.25) is 23.4 Å². The van der Waals surface area contributed by atoms with Gasteiger partial charge in [-0.25, -0.2) is 4.57 Å². The van der Waals surface area contributed by atoms with E-state index in [1.165, 1.54) is 77.0 Å². The van der Waals surface area contributed by atoms with Gasteiger partial charge in [0.25, 0.3) is 0 Å². The Labute approximate surface area is 278 Å². The van der Waals surface area contributed by atoms with Gasteiger partial charge in [-0.15, -0.1) is 0 Å². The summed E-state index contributed by atoms with van der Waals surface area (Å²) >= 11 is 0. The molecule has 0 aromatic rings. The van der Waals surface area contributed by atoms with Crippen molar-refractivity contribution in [2.75, 3.05) is 19.8 Å². The summed E-state index contributed by atoms with van der Waals surface area (Å²) in [6, 6.07) is -1.52. The van der Waals surface area contributed by atoms with Gasteiger partial charge in [0.1, 0.15) is 12.6 Å². The van der Waals surface area contributed by atoms with Gasteiger partial charge in [0.15, 0.2) is 6.10 Å². The summed E-state index contributed by atoms with van der Waals surface area (Å²) in [6.45, 7) is 2.70. The van der Waals surface area contributed by atoms with E-state index in [0.717, 1.165) is 38.5 Å². The molecule has 0 fully saturated rings. The number of allylic oxidation sites excluding steroid dienone is 2. The van der Waals surface area contributed by atoms with Crippen LogP contribution in [0, 0.1) is 0 Å². The molecule has 0 aliphatic rings. The average Bonchev–Trinajstić information content (AvgIpc) is 3.02. The Morgan fingerprint density at radius 1 is 0.652 bits per heavy atom. The molecule has 0 aliphatic heterocycles. The van der Waals surface area contributed by atoms with Crippen molar-refractivity contribution in [1.29, 1.82) is 0 Å². The lowest BCUT2D eigenvalue weighted by atomic mass is 10.1. The van der Waals surface area contributed by atoms with Gasteiger partial charge in [-0.2, -0.15) is 0 Å². The molecule has 46 heavy (non-hydrogen) atoms. The molecule has 0 aromatic carbocycles. The van der Waals surface area contributed by atoms with E-state index < -0.39 is 51.1 Å². The number of unbranched alkanes of at least 4 members (excludes halogenated alkanes) is 17. The first kappa shape index (κ1) is 44.2. The predicted molar refractivity (Wildman–Crippen MR) is 180 cm³/mol. The maximum Gasteiger partial charge on any atom is 0.472 e. The van der Waals surface area contributed by atoms with E-state index in [4.69, 9.17) is 24.8 Å². The van der Waals surface area contributed by atoms with E-state index >= 15 is 0 Å². The van der Waals surface area contributed by atoms with Crippen LogP contribution in [0.3, 0.4) is 0 Å². The van der Waals surface area contributed by atoms with Crippen LogP contribution in [0.15, 0.2) is 12.2 Å². The number of ether oxygens (including phenoxy) is 2. The normalized spacial score (nSPS) is 14.2. The molecular formula is C34H64NO10P. The standard InChI is InChI=1S/C34H64NO10P/c1-3-5-7-9-11-12-13-14-15-16-17-18-20-22-24-26-33(37)45-30(28-43-46(40,41)44-29-31(35)34(38)39)27-42-32(36)25-23-21-19-10-8-6-4-2/h17-18,30-31H,3-16,19-29,35H2,1-2H3,(H,38,39)(H,40,41)/b18-17+/t30-,31-/m0/s1. The van der Waals surface area contributed by atoms with E-state index in [2.05, 4.69) is 30.5 Å². The summed E-state index contributed by atoms with van der Waals surface area (Å²) in [4.78, 5) is 45.4. The predicted octanol–water partition coefficient (Wildman–Crippen LogP) is 8.17. The van der Waals surface area contributed by atoms with Crippen molar-refractivity contribution >= 4 is 25.7 Å². The van der Waals surface area contributed by atoms with E-state index in [0.29, 0.717) is 12.8 Å². The summed E-state index contributed by atoms with van der Waals surface area (Å²) in [5, 5.41) is 8.82. The molecule has 1 unspecified atom stereocenters. The molecule has 270 valence electrons. The zero-order valence-corrected chi connectivity index (χ0v) is 29.6. The van der Waals surface area contributed by atoms with Crippen molar-refractivity contribution in [2.45, 2.75) is 167 Å². The third kappa shape index (κ3) is 29.6. The Balaban J connectivity index is 4.45. The van der Waals surface area contributed by atoms with Crippen LogP contribution in [0.5, 0.6) is 0 Å². The van der Waals surface area contributed by atoms with Crippen molar-refractivity contribution in [1.82, 2.24) is 0 Å². The second-order valence-corrected chi connectivity index (χ2v) is 13.5. The molecule has 0 rings (SSSR count). The number of carbonyl (C=O) groups is 3. The van der Waals surface area contributed by atoms with E-state index in [-0.39, 0.29) is 19.4 Å². The Morgan fingerprint density at radius 3 is 1.63 bits per heavy atom. The molecule has 0 amide bonds. The minimum atomic E-state index is -4.70. The van der Waals surface area contributed by atoms with Gasteiger partial charge in [-0.05, 0) is 38.5 Å². The smallest absolute Gasteiger partial charge is 0.472 e.